The Hall–Kier alpha value is -1.86. The van der Waals surface area contributed by atoms with E-state index in [2.05, 4.69) is 12.1 Å². The molecule has 1 amide bonds. The van der Waals surface area contributed by atoms with Gasteiger partial charge in [-0.15, -0.1) is 11.3 Å². The van der Waals surface area contributed by atoms with Crippen molar-refractivity contribution in [3.8, 4) is 16.2 Å². The molecule has 0 radical (unpaired) electrons. The van der Waals surface area contributed by atoms with Crippen LogP contribution in [0.5, 0.6) is 5.75 Å². The van der Waals surface area contributed by atoms with E-state index < -0.39 is 9.84 Å². The lowest BCUT2D eigenvalue weighted by Crippen LogP contribution is -2.41. The van der Waals surface area contributed by atoms with E-state index in [0.717, 1.165) is 29.9 Å². The zero-order valence-electron chi connectivity index (χ0n) is 16.2. The number of aryl methyl sites for hydroxylation is 2. The molecule has 0 spiro atoms. The summed E-state index contributed by atoms with van der Waals surface area (Å²) >= 11 is 1.53. The maximum absolute atomic E-state index is 13.3. The summed E-state index contributed by atoms with van der Waals surface area (Å²) in [6, 6.07) is 7.92. The summed E-state index contributed by atoms with van der Waals surface area (Å²) in [6.07, 6.45) is 3.20. The highest BCUT2D eigenvalue weighted by Gasteiger charge is 2.35. The Morgan fingerprint density at radius 3 is 2.71 bits per heavy atom. The number of benzene rings is 1. The molecule has 28 heavy (non-hydrogen) atoms. The Bertz CT molecular complexity index is 1010. The number of ether oxygens (including phenoxy) is 1. The standard InChI is InChI=1S/C21H25NO4S2/c1-3-9-22(16-8-10-28(24,25)13-16)21(23)19-12-15-5-4-14-11-17(26-2)6-7-18(14)20(15)27-19/h6-7,11-12,16H,3-5,8-10,13H2,1-2H3/t16-/m1/s1. The summed E-state index contributed by atoms with van der Waals surface area (Å²) in [5, 5.41) is 0. The fourth-order valence-corrected chi connectivity index (χ4v) is 7.15. The zero-order valence-corrected chi connectivity index (χ0v) is 17.9. The summed E-state index contributed by atoms with van der Waals surface area (Å²) in [5.74, 6) is 1.10. The molecule has 1 aliphatic carbocycles. The minimum Gasteiger partial charge on any atom is -0.497 e. The summed E-state index contributed by atoms with van der Waals surface area (Å²) in [7, 11) is -1.36. The third-order valence-corrected chi connectivity index (χ3v) is 8.56. The normalized spacial score (nSPS) is 19.7. The maximum atomic E-state index is 13.3. The molecular formula is C21H25NO4S2. The number of hydrogen-bond acceptors (Lipinski definition) is 5. The minimum absolute atomic E-state index is 0.0292. The van der Waals surface area contributed by atoms with Crippen LogP contribution < -0.4 is 4.74 Å². The van der Waals surface area contributed by atoms with Crippen molar-refractivity contribution in [1.82, 2.24) is 4.90 Å². The van der Waals surface area contributed by atoms with Gasteiger partial charge >= 0.3 is 0 Å². The van der Waals surface area contributed by atoms with E-state index in [1.165, 1.54) is 28.0 Å². The topological polar surface area (TPSA) is 63.7 Å². The predicted molar refractivity (Wildman–Crippen MR) is 112 cm³/mol. The molecular weight excluding hydrogens is 394 g/mol. The van der Waals surface area contributed by atoms with Crippen molar-refractivity contribution in [3.63, 3.8) is 0 Å². The number of thiophene rings is 1. The highest BCUT2D eigenvalue weighted by molar-refractivity contribution is 7.91. The van der Waals surface area contributed by atoms with Crippen molar-refractivity contribution < 1.29 is 17.9 Å². The molecule has 0 N–H and O–H groups in total. The second kappa shape index (κ2) is 7.52. The number of hydrogen-bond donors (Lipinski definition) is 0. The van der Waals surface area contributed by atoms with E-state index in [-0.39, 0.29) is 23.5 Å². The van der Waals surface area contributed by atoms with Gasteiger partial charge in [-0.2, -0.15) is 0 Å². The lowest BCUT2D eigenvalue weighted by atomic mass is 9.91. The van der Waals surface area contributed by atoms with Gasteiger partial charge in [-0.25, -0.2) is 8.42 Å². The minimum atomic E-state index is -3.03. The van der Waals surface area contributed by atoms with Crippen molar-refractivity contribution in [2.45, 2.75) is 38.6 Å². The summed E-state index contributed by atoms with van der Waals surface area (Å²) in [6.45, 7) is 2.61. The first kappa shape index (κ1) is 19.5. The first-order valence-corrected chi connectivity index (χ1v) is 12.4. The van der Waals surface area contributed by atoms with E-state index in [1.807, 2.05) is 19.1 Å². The fraction of sp³-hybridized carbons (Fsp3) is 0.476. The van der Waals surface area contributed by atoms with Crippen LogP contribution in [0.3, 0.4) is 0 Å². The van der Waals surface area contributed by atoms with Crippen molar-refractivity contribution in [2.75, 3.05) is 25.2 Å². The average molecular weight is 420 g/mol. The van der Waals surface area contributed by atoms with Gasteiger partial charge in [0.2, 0.25) is 0 Å². The molecule has 2 heterocycles. The van der Waals surface area contributed by atoms with Gasteiger partial charge in [0.05, 0.1) is 23.5 Å². The number of amides is 1. The Kier molecular flexibility index (Phi) is 5.22. The summed E-state index contributed by atoms with van der Waals surface area (Å²) in [4.78, 5) is 16.9. The number of carbonyl (C=O) groups excluding carboxylic acids is 1. The van der Waals surface area contributed by atoms with Crippen molar-refractivity contribution >= 4 is 27.1 Å². The number of carbonyl (C=O) groups is 1. The van der Waals surface area contributed by atoms with Crippen LogP contribution >= 0.6 is 11.3 Å². The monoisotopic (exact) mass is 419 g/mol. The highest BCUT2D eigenvalue weighted by Crippen LogP contribution is 2.41. The lowest BCUT2D eigenvalue weighted by Gasteiger charge is -2.27. The zero-order chi connectivity index (χ0) is 19.9. The van der Waals surface area contributed by atoms with Crippen LogP contribution in [-0.4, -0.2) is 50.4 Å². The van der Waals surface area contributed by atoms with Gasteiger partial charge in [-0.1, -0.05) is 6.92 Å². The third kappa shape index (κ3) is 3.57. The summed E-state index contributed by atoms with van der Waals surface area (Å²) < 4.78 is 29.2. The molecule has 150 valence electrons. The van der Waals surface area contributed by atoms with Gasteiger partial charge in [0, 0.05) is 17.5 Å². The molecule has 4 rings (SSSR count). The molecule has 2 aliphatic rings. The predicted octanol–water partition coefficient (Wildman–Crippen LogP) is 3.56. The molecule has 2 aromatic rings. The van der Waals surface area contributed by atoms with Gasteiger partial charge in [-0.05, 0) is 66.6 Å². The second-order valence-electron chi connectivity index (χ2n) is 7.54. The van der Waals surface area contributed by atoms with Crippen LogP contribution in [0.1, 0.15) is 40.6 Å². The van der Waals surface area contributed by atoms with Crippen LogP contribution in [0.2, 0.25) is 0 Å². The van der Waals surface area contributed by atoms with E-state index in [9.17, 15) is 13.2 Å². The lowest BCUT2D eigenvalue weighted by molar-refractivity contribution is 0.0702. The van der Waals surface area contributed by atoms with E-state index in [0.29, 0.717) is 17.8 Å². The highest BCUT2D eigenvalue weighted by atomic mass is 32.2. The largest absolute Gasteiger partial charge is 0.497 e. The van der Waals surface area contributed by atoms with Crippen molar-refractivity contribution in [2.24, 2.45) is 0 Å². The maximum Gasteiger partial charge on any atom is 0.264 e. The number of fused-ring (bicyclic) bond motifs is 3. The molecule has 5 nitrogen and oxygen atoms in total. The van der Waals surface area contributed by atoms with E-state index in [1.54, 1.807) is 12.0 Å². The number of nitrogens with zero attached hydrogens (tertiary/aromatic N) is 1. The van der Waals surface area contributed by atoms with Crippen LogP contribution in [0.4, 0.5) is 0 Å². The van der Waals surface area contributed by atoms with Crippen molar-refractivity contribution in [3.05, 3.63) is 40.3 Å². The SMILES string of the molecule is CCCN(C(=O)c1cc2c(s1)-c1ccc(OC)cc1CC2)[C@@H]1CCS(=O)(=O)C1. The number of methoxy groups -OCH3 is 1. The van der Waals surface area contributed by atoms with Crippen LogP contribution in [0.15, 0.2) is 24.3 Å². The van der Waals surface area contributed by atoms with E-state index in [4.69, 9.17) is 4.74 Å². The molecule has 1 aromatic heterocycles. The fourth-order valence-electron chi connectivity index (χ4n) is 4.20. The van der Waals surface area contributed by atoms with Gasteiger partial charge in [0.15, 0.2) is 9.84 Å². The number of rotatable bonds is 5. The number of sulfone groups is 1. The van der Waals surface area contributed by atoms with Gasteiger partial charge in [0.25, 0.3) is 5.91 Å². The Morgan fingerprint density at radius 2 is 2.04 bits per heavy atom. The molecule has 1 aromatic carbocycles. The molecule has 1 fully saturated rings. The molecule has 1 atom stereocenters. The first-order valence-electron chi connectivity index (χ1n) is 9.73. The summed E-state index contributed by atoms with van der Waals surface area (Å²) in [5.41, 5.74) is 3.64. The third-order valence-electron chi connectivity index (χ3n) is 5.62. The molecule has 1 saturated heterocycles. The van der Waals surface area contributed by atoms with Crippen LogP contribution in [-0.2, 0) is 22.7 Å². The van der Waals surface area contributed by atoms with E-state index >= 15 is 0 Å². The van der Waals surface area contributed by atoms with Gasteiger partial charge in [-0.3, -0.25) is 4.79 Å². The van der Waals surface area contributed by atoms with Gasteiger partial charge in [0.1, 0.15) is 5.75 Å². The quantitative estimate of drug-likeness (QED) is 0.743. The van der Waals surface area contributed by atoms with Crippen LogP contribution in [0.25, 0.3) is 10.4 Å². The second-order valence-corrected chi connectivity index (χ2v) is 10.8. The van der Waals surface area contributed by atoms with Crippen molar-refractivity contribution in [1.29, 1.82) is 0 Å². The molecule has 0 saturated carbocycles. The smallest absolute Gasteiger partial charge is 0.264 e. The first-order chi connectivity index (χ1) is 13.4. The average Bonchev–Trinajstić information content (AvgIpc) is 3.28. The molecule has 7 heteroatoms. The Labute approximate surface area is 170 Å². The van der Waals surface area contributed by atoms with Gasteiger partial charge < -0.3 is 9.64 Å². The Balaban J connectivity index is 1.64. The molecule has 0 bridgehead atoms. The Morgan fingerprint density at radius 1 is 1.25 bits per heavy atom. The molecule has 0 unspecified atom stereocenters. The molecule has 1 aliphatic heterocycles. The van der Waals surface area contributed by atoms with Crippen LogP contribution in [0, 0.1) is 0 Å².